The standard InChI is InChI=1S/C16H24BrN/c1-3-12-6-4-5-7-14(12)16(18)13-8-9-15(17)11(2)10-13/h8-10,12,14,16H,3-7,18H2,1-2H3. The zero-order valence-corrected chi connectivity index (χ0v) is 13.0. The highest BCUT2D eigenvalue weighted by molar-refractivity contribution is 9.10. The maximum atomic E-state index is 6.54. The lowest BCUT2D eigenvalue weighted by Crippen LogP contribution is -2.30. The van der Waals surface area contributed by atoms with Gasteiger partial charge in [0, 0.05) is 10.5 Å². The van der Waals surface area contributed by atoms with Crippen molar-refractivity contribution in [3.63, 3.8) is 0 Å². The smallest absolute Gasteiger partial charge is 0.0326 e. The van der Waals surface area contributed by atoms with Crippen LogP contribution in [-0.4, -0.2) is 0 Å². The Balaban J connectivity index is 2.18. The molecule has 1 fully saturated rings. The van der Waals surface area contributed by atoms with E-state index in [2.05, 4.69) is 48.0 Å². The van der Waals surface area contributed by atoms with E-state index in [-0.39, 0.29) is 6.04 Å². The van der Waals surface area contributed by atoms with Crippen LogP contribution in [0.5, 0.6) is 0 Å². The van der Waals surface area contributed by atoms with Crippen molar-refractivity contribution in [3.8, 4) is 0 Å². The van der Waals surface area contributed by atoms with Crippen LogP contribution in [-0.2, 0) is 0 Å². The molecule has 2 N–H and O–H groups in total. The van der Waals surface area contributed by atoms with Gasteiger partial charge in [-0.15, -0.1) is 0 Å². The Bertz CT molecular complexity index is 402. The molecule has 1 aliphatic rings. The fraction of sp³-hybridized carbons (Fsp3) is 0.625. The van der Waals surface area contributed by atoms with Gasteiger partial charge in [0.15, 0.2) is 0 Å². The second-order valence-corrected chi connectivity index (χ2v) is 6.51. The van der Waals surface area contributed by atoms with Crippen molar-refractivity contribution >= 4 is 15.9 Å². The lowest BCUT2D eigenvalue weighted by Gasteiger charge is -2.35. The van der Waals surface area contributed by atoms with Gasteiger partial charge in [-0.25, -0.2) is 0 Å². The molecule has 1 saturated carbocycles. The number of halogens is 1. The molecule has 0 bridgehead atoms. The third-order valence-corrected chi connectivity index (χ3v) is 5.41. The van der Waals surface area contributed by atoms with Crippen LogP contribution in [0.1, 0.15) is 56.2 Å². The van der Waals surface area contributed by atoms with Crippen molar-refractivity contribution in [3.05, 3.63) is 33.8 Å². The zero-order chi connectivity index (χ0) is 13.1. The van der Waals surface area contributed by atoms with E-state index in [0.29, 0.717) is 5.92 Å². The Labute approximate surface area is 119 Å². The van der Waals surface area contributed by atoms with E-state index < -0.39 is 0 Å². The van der Waals surface area contributed by atoms with Crippen LogP contribution in [0.4, 0.5) is 0 Å². The zero-order valence-electron chi connectivity index (χ0n) is 11.5. The Morgan fingerprint density at radius 3 is 2.72 bits per heavy atom. The van der Waals surface area contributed by atoms with Gasteiger partial charge in [-0.05, 0) is 42.4 Å². The minimum absolute atomic E-state index is 0.210. The van der Waals surface area contributed by atoms with Crippen LogP contribution >= 0.6 is 15.9 Å². The van der Waals surface area contributed by atoms with Crippen molar-refractivity contribution < 1.29 is 0 Å². The summed E-state index contributed by atoms with van der Waals surface area (Å²) in [7, 11) is 0. The molecule has 0 heterocycles. The summed E-state index contributed by atoms with van der Waals surface area (Å²) in [6.45, 7) is 4.45. The van der Waals surface area contributed by atoms with Gasteiger partial charge >= 0.3 is 0 Å². The normalized spacial score (nSPS) is 26.0. The molecule has 0 aromatic heterocycles. The second-order valence-electron chi connectivity index (χ2n) is 5.65. The monoisotopic (exact) mass is 309 g/mol. The van der Waals surface area contributed by atoms with Crippen LogP contribution < -0.4 is 5.73 Å². The van der Waals surface area contributed by atoms with E-state index in [1.807, 2.05) is 0 Å². The number of rotatable bonds is 3. The Hall–Kier alpha value is -0.340. The van der Waals surface area contributed by atoms with Crippen molar-refractivity contribution in [2.45, 2.75) is 52.0 Å². The number of hydrogen-bond acceptors (Lipinski definition) is 1. The number of aryl methyl sites for hydroxylation is 1. The molecule has 1 aliphatic carbocycles. The molecule has 2 rings (SSSR count). The molecule has 3 unspecified atom stereocenters. The first kappa shape index (κ1) is 14.1. The fourth-order valence-electron chi connectivity index (χ4n) is 3.34. The molecule has 0 radical (unpaired) electrons. The molecule has 0 aliphatic heterocycles. The Kier molecular flexibility index (Phi) is 4.85. The molecule has 0 spiro atoms. The molecule has 1 nitrogen and oxygen atoms in total. The van der Waals surface area contributed by atoms with Gasteiger partial charge in [-0.1, -0.05) is 60.7 Å². The lowest BCUT2D eigenvalue weighted by molar-refractivity contribution is 0.196. The summed E-state index contributed by atoms with van der Waals surface area (Å²) in [4.78, 5) is 0. The van der Waals surface area contributed by atoms with Gasteiger partial charge in [0.25, 0.3) is 0 Å². The summed E-state index contributed by atoms with van der Waals surface area (Å²) in [6.07, 6.45) is 6.68. The maximum absolute atomic E-state index is 6.54. The van der Waals surface area contributed by atoms with Crippen LogP contribution in [0.15, 0.2) is 22.7 Å². The first-order chi connectivity index (χ1) is 8.63. The third kappa shape index (κ3) is 2.97. The summed E-state index contributed by atoms with van der Waals surface area (Å²) >= 11 is 3.56. The minimum Gasteiger partial charge on any atom is -0.324 e. The topological polar surface area (TPSA) is 26.0 Å². The summed E-state index contributed by atoms with van der Waals surface area (Å²) < 4.78 is 1.18. The molecule has 1 aromatic carbocycles. The van der Waals surface area contributed by atoms with E-state index >= 15 is 0 Å². The van der Waals surface area contributed by atoms with E-state index in [9.17, 15) is 0 Å². The van der Waals surface area contributed by atoms with Gasteiger partial charge in [0.05, 0.1) is 0 Å². The third-order valence-electron chi connectivity index (χ3n) is 4.52. The lowest BCUT2D eigenvalue weighted by atomic mass is 9.72. The number of nitrogens with two attached hydrogens (primary N) is 1. The van der Waals surface area contributed by atoms with Crippen molar-refractivity contribution in [1.82, 2.24) is 0 Å². The van der Waals surface area contributed by atoms with E-state index in [1.54, 1.807) is 0 Å². The quantitative estimate of drug-likeness (QED) is 0.837. The molecule has 0 amide bonds. The highest BCUT2D eigenvalue weighted by Crippen LogP contribution is 2.39. The fourth-order valence-corrected chi connectivity index (χ4v) is 3.59. The highest BCUT2D eigenvalue weighted by atomic mass is 79.9. The predicted octanol–water partition coefficient (Wildman–Crippen LogP) is 4.97. The Morgan fingerprint density at radius 2 is 2.06 bits per heavy atom. The van der Waals surface area contributed by atoms with Crippen LogP contribution in [0, 0.1) is 18.8 Å². The largest absolute Gasteiger partial charge is 0.324 e. The number of hydrogen-bond donors (Lipinski definition) is 1. The SMILES string of the molecule is CCC1CCCCC1C(N)c1ccc(Br)c(C)c1. The second kappa shape index (κ2) is 6.21. The Morgan fingerprint density at radius 1 is 1.33 bits per heavy atom. The average Bonchev–Trinajstić information content (AvgIpc) is 2.41. The van der Waals surface area contributed by atoms with E-state index in [4.69, 9.17) is 5.73 Å². The molecular formula is C16H24BrN. The molecule has 3 atom stereocenters. The maximum Gasteiger partial charge on any atom is 0.0326 e. The molecule has 2 heteroatoms. The van der Waals surface area contributed by atoms with Gasteiger partial charge in [-0.2, -0.15) is 0 Å². The summed E-state index contributed by atoms with van der Waals surface area (Å²) in [5.74, 6) is 1.49. The van der Waals surface area contributed by atoms with Gasteiger partial charge in [0.1, 0.15) is 0 Å². The van der Waals surface area contributed by atoms with Crippen LogP contribution in [0.3, 0.4) is 0 Å². The summed E-state index contributed by atoms with van der Waals surface area (Å²) in [6, 6.07) is 6.77. The highest BCUT2D eigenvalue weighted by Gasteiger charge is 2.29. The number of benzene rings is 1. The van der Waals surface area contributed by atoms with Crippen molar-refractivity contribution in [2.75, 3.05) is 0 Å². The van der Waals surface area contributed by atoms with Crippen LogP contribution in [0.2, 0.25) is 0 Å². The van der Waals surface area contributed by atoms with E-state index in [0.717, 1.165) is 5.92 Å². The summed E-state index contributed by atoms with van der Waals surface area (Å²) in [5.41, 5.74) is 9.13. The van der Waals surface area contributed by atoms with Crippen molar-refractivity contribution in [1.29, 1.82) is 0 Å². The first-order valence-electron chi connectivity index (χ1n) is 7.15. The molecule has 100 valence electrons. The summed E-state index contributed by atoms with van der Waals surface area (Å²) in [5, 5.41) is 0. The van der Waals surface area contributed by atoms with Gasteiger partial charge in [0.2, 0.25) is 0 Å². The first-order valence-corrected chi connectivity index (χ1v) is 7.94. The van der Waals surface area contributed by atoms with Gasteiger partial charge in [-0.3, -0.25) is 0 Å². The van der Waals surface area contributed by atoms with Gasteiger partial charge < -0.3 is 5.73 Å². The predicted molar refractivity (Wildman–Crippen MR) is 81.5 cm³/mol. The van der Waals surface area contributed by atoms with Crippen LogP contribution in [0.25, 0.3) is 0 Å². The molecule has 1 aromatic rings. The molecule has 0 saturated heterocycles. The minimum atomic E-state index is 0.210. The van der Waals surface area contributed by atoms with Crippen molar-refractivity contribution in [2.24, 2.45) is 17.6 Å². The van der Waals surface area contributed by atoms with E-state index in [1.165, 1.54) is 47.7 Å². The average molecular weight is 310 g/mol. The molecular weight excluding hydrogens is 286 g/mol. The molecule has 18 heavy (non-hydrogen) atoms.